The molecule has 0 radical (unpaired) electrons. The molecular weight excluding hydrogens is 286 g/mol. The number of halogens is 2. The highest BCUT2D eigenvalue weighted by Gasteiger charge is 2.31. The van der Waals surface area contributed by atoms with Crippen molar-refractivity contribution in [2.75, 3.05) is 13.2 Å². The Morgan fingerprint density at radius 2 is 2.24 bits per heavy atom. The summed E-state index contributed by atoms with van der Waals surface area (Å²) in [5.41, 5.74) is -2.31. The summed E-state index contributed by atoms with van der Waals surface area (Å²) < 4.78 is 32.6. The average molecular weight is 300 g/mol. The third kappa shape index (κ3) is 3.33. The molecule has 1 aromatic rings. The topological polar surface area (TPSA) is 81.5 Å². The number of amides is 1. The standard InChI is InChI=1S/C13H14F2N2O4/c1-13(3-2-4-21-13)7-16-12(18)9-5-8(14)6-10(11(9)15)17(19)20/h5-6H,2-4,7H2,1H3,(H,16,18). The molecular formula is C13H14F2N2O4. The Labute approximate surface area is 119 Å². The van der Waals surface area contributed by atoms with Crippen molar-refractivity contribution >= 4 is 11.6 Å². The molecule has 0 spiro atoms. The van der Waals surface area contributed by atoms with Crippen LogP contribution >= 0.6 is 0 Å². The van der Waals surface area contributed by atoms with E-state index in [2.05, 4.69) is 5.32 Å². The maximum absolute atomic E-state index is 13.8. The van der Waals surface area contributed by atoms with E-state index in [9.17, 15) is 23.7 Å². The quantitative estimate of drug-likeness (QED) is 0.682. The Hall–Kier alpha value is -2.09. The van der Waals surface area contributed by atoms with E-state index in [1.54, 1.807) is 6.92 Å². The lowest BCUT2D eigenvalue weighted by Gasteiger charge is -2.23. The number of nitro groups is 1. The molecule has 1 fully saturated rings. The summed E-state index contributed by atoms with van der Waals surface area (Å²) in [6.07, 6.45) is 1.59. The van der Waals surface area contributed by atoms with Crippen LogP contribution < -0.4 is 5.32 Å². The predicted molar refractivity (Wildman–Crippen MR) is 68.9 cm³/mol. The molecule has 1 heterocycles. The van der Waals surface area contributed by atoms with Crippen molar-refractivity contribution in [2.45, 2.75) is 25.4 Å². The van der Waals surface area contributed by atoms with Gasteiger partial charge >= 0.3 is 5.69 Å². The molecule has 1 unspecified atom stereocenters. The van der Waals surface area contributed by atoms with Crippen molar-refractivity contribution in [2.24, 2.45) is 0 Å². The molecule has 1 atom stereocenters. The number of nitro benzene ring substituents is 1. The van der Waals surface area contributed by atoms with Gasteiger partial charge in [0.05, 0.1) is 22.2 Å². The Morgan fingerprint density at radius 3 is 2.81 bits per heavy atom. The Kier molecular flexibility index (Phi) is 4.17. The summed E-state index contributed by atoms with van der Waals surface area (Å²) in [5.74, 6) is -3.31. The lowest BCUT2D eigenvalue weighted by Crippen LogP contribution is -2.40. The van der Waals surface area contributed by atoms with E-state index in [1.165, 1.54) is 0 Å². The first kappa shape index (κ1) is 15.3. The molecule has 6 nitrogen and oxygen atoms in total. The first-order valence-corrected chi connectivity index (χ1v) is 6.38. The number of carbonyl (C=O) groups excluding carboxylic acids is 1. The van der Waals surface area contributed by atoms with Crippen molar-refractivity contribution < 1.29 is 23.2 Å². The molecule has 1 aliphatic heterocycles. The van der Waals surface area contributed by atoms with Crippen LogP contribution in [0.2, 0.25) is 0 Å². The molecule has 0 saturated carbocycles. The zero-order valence-corrected chi connectivity index (χ0v) is 11.3. The Morgan fingerprint density at radius 1 is 1.52 bits per heavy atom. The van der Waals surface area contributed by atoms with Gasteiger partial charge in [-0.05, 0) is 25.8 Å². The number of benzene rings is 1. The molecule has 1 N–H and O–H groups in total. The second kappa shape index (κ2) is 5.72. The van der Waals surface area contributed by atoms with Crippen LogP contribution in [0.5, 0.6) is 0 Å². The van der Waals surface area contributed by atoms with Gasteiger partial charge in [0.1, 0.15) is 5.82 Å². The summed E-state index contributed by atoms with van der Waals surface area (Å²) in [7, 11) is 0. The van der Waals surface area contributed by atoms with E-state index in [1.807, 2.05) is 0 Å². The summed E-state index contributed by atoms with van der Waals surface area (Å²) in [6.45, 7) is 2.49. The van der Waals surface area contributed by atoms with E-state index in [0.717, 1.165) is 12.8 Å². The Bertz CT molecular complexity index is 586. The highest BCUT2D eigenvalue weighted by molar-refractivity contribution is 5.95. The number of nitrogens with one attached hydrogen (secondary N) is 1. The second-order valence-electron chi connectivity index (χ2n) is 5.13. The van der Waals surface area contributed by atoms with Crippen LogP contribution in [0.1, 0.15) is 30.1 Å². The van der Waals surface area contributed by atoms with Gasteiger partial charge < -0.3 is 10.1 Å². The lowest BCUT2D eigenvalue weighted by atomic mass is 10.0. The van der Waals surface area contributed by atoms with E-state index < -0.39 is 39.3 Å². The van der Waals surface area contributed by atoms with Gasteiger partial charge in [-0.15, -0.1) is 0 Å². The van der Waals surface area contributed by atoms with Gasteiger partial charge in [-0.2, -0.15) is 4.39 Å². The first-order valence-electron chi connectivity index (χ1n) is 6.38. The van der Waals surface area contributed by atoms with Crippen molar-refractivity contribution in [3.8, 4) is 0 Å². The molecule has 1 aliphatic rings. The van der Waals surface area contributed by atoms with E-state index in [4.69, 9.17) is 4.74 Å². The fourth-order valence-electron chi connectivity index (χ4n) is 2.21. The normalized spacial score (nSPS) is 21.3. The molecule has 1 aromatic carbocycles. The van der Waals surface area contributed by atoms with Crippen LogP contribution in [-0.4, -0.2) is 29.6 Å². The average Bonchev–Trinajstić information content (AvgIpc) is 2.85. The SMILES string of the molecule is CC1(CNC(=O)c2cc(F)cc([N+](=O)[O-])c2F)CCCO1. The minimum atomic E-state index is -1.35. The fraction of sp³-hybridized carbons (Fsp3) is 0.462. The summed E-state index contributed by atoms with van der Waals surface area (Å²) in [5, 5.41) is 13.0. The first-order chi connectivity index (χ1) is 9.82. The van der Waals surface area contributed by atoms with Crippen LogP contribution in [-0.2, 0) is 4.74 Å². The number of hydrogen-bond donors (Lipinski definition) is 1. The maximum atomic E-state index is 13.8. The van der Waals surface area contributed by atoms with Gasteiger partial charge in [0, 0.05) is 13.2 Å². The summed E-state index contributed by atoms with van der Waals surface area (Å²) in [4.78, 5) is 21.4. The molecule has 21 heavy (non-hydrogen) atoms. The van der Waals surface area contributed by atoms with Gasteiger partial charge in [0.2, 0.25) is 5.82 Å². The third-order valence-corrected chi connectivity index (χ3v) is 3.38. The van der Waals surface area contributed by atoms with Crippen molar-refractivity contribution in [3.63, 3.8) is 0 Å². The zero-order chi connectivity index (χ0) is 15.6. The van der Waals surface area contributed by atoms with Crippen LogP contribution in [0.15, 0.2) is 12.1 Å². The van der Waals surface area contributed by atoms with Crippen LogP contribution in [0.3, 0.4) is 0 Å². The molecule has 1 amide bonds. The smallest absolute Gasteiger partial charge is 0.308 e. The second-order valence-corrected chi connectivity index (χ2v) is 5.13. The number of carbonyl (C=O) groups is 1. The largest absolute Gasteiger partial charge is 0.373 e. The molecule has 1 saturated heterocycles. The number of nitrogens with zero attached hydrogens (tertiary/aromatic N) is 1. The van der Waals surface area contributed by atoms with Gasteiger partial charge in [-0.1, -0.05) is 0 Å². The number of hydrogen-bond acceptors (Lipinski definition) is 4. The summed E-state index contributed by atoms with van der Waals surface area (Å²) in [6, 6.07) is 1.07. The molecule has 0 aliphatic carbocycles. The van der Waals surface area contributed by atoms with Gasteiger partial charge in [-0.3, -0.25) is 14.9 Å². The zero-order valence-electron chi connectivity index (χ0n) is 11.3. The Balaban J connectivity index is 2.17. The van der Waals surface area contributed by atoms with E-state index in [-0.39, 0.29) is 6.54 Å². The summed E-state index contributed by atoms with van der Waals surface area (Å²) >= 11 is 0. The highest BCUT2D eigenvalue weighted by Crippen LogP contribution is 2.25. The minimum absolute atomic E-state index is 0.121. The molecule has 114 valence electrons. The van der Waals surface area contributed by atoms with E-state index >= 15 is 0 Å². The van der Waals surface area contributed by atoms with E-state index in [0.29, 0.717) is 18.7 Å². The van der Waals surface area contributed by atoms with Gasteiger partial charge in [-0.25, -0.2) is 4.39 Å². The highest BCUT2D eigenvalue weighted by atomic mass is 19.1. The van der Waals surface area contributed by atoms with Crippen LogP contribution in [0.25, 0.3) is 0 Å². The monoisotopic (exact) mass is 300 g/mol. The predicted octanol–water partition coefficient (Wildman–Crippen LogP) is 2.17. The maximum Gasteiger partial charge on any atom is 0.308 e. The van der Waals surface area contributed by atoms with Crippen molar-refractivity contribution in [3.05, 3.63) is 39.4 Å². The van der Waals surface area contributed by atoms with Gasteiger partial charge in [0.25, 0.3) is 5.91 Å². The molecule has 0 aromatic heterocycles. The number of ether oxygens (including phenoxy) is 1. The van der Waals surface area contributed by atoms with Crippen LogP contribution in [0, 0.1) is 21.7 Å². The van der Waals surface area contributed by atoms with Gasteiger partial charge in [0.15, 0.2) is 0 Å². The molecule has 2 rings (SSSR count). The fourth-order valence-corrected chi connectivity index (χ4v) is 2.21. The molecule has 8 heteroatoms. The lowest BCUT2D eigenvalue weighted by molar-refractivity contribution is -0.387. The number of rotatable bonds is 4. The third-order valence-electron chi connectivity index (χ3n) is 3.38. The molecule has 0 bridgehead atoms. The van der Waals surface area contributed by atoms with Crippen LogP contribution in [0.4, 0.5) is 14.5 Å². The van der Waals surface area contributed by atoms with Crippen molar-refractivity contribution in [1.82, 2.24) is 5.32 Å². The van der Waals surface area contributed by atoms with Crippen molar-refractivity contribution in [1.29, 1.82) is 0 Å². The minimum Gasteiger partial charge on any atom is -0.373 e.